The molecule has 5 nitrogen and oxygen atoms in total. The maximum atomic E-state index is 11.9. The molecule has 0 aliphatic rings. The molecule has 0 saturated carbocycles. The van der Waals surface area contributed by atoms with E-state index in [-0.39, 0.29) is 0 Å². The van der Waals surface area contributed by atoms with E-state index in [1.165, 1.54) is 0 Å². The maximum Gasteiger partial charge on any atom is 0.352 e. The number of carbonyl (C=O) groups is 1. The molecule has 0 aromatic rings. The van der Waals surface area contributed by atoms with Gasteiger partial charge in [-0.3, -0.25) is 0 Å². The van der Waals surface area contributed by atoms with Gasteiger partial charge < -0.3 is 18.6 Å². The predicted molar refractivity (Wildman–Crippen MR) is 76.9 cm³/mol. The molecule has 0 aliphatic carbocycles. The highest BCUT2D eigenvalue weighted by Crippen LogP contribution is 2.22. The smallest absolute Gasteiger partial charge is 0.352 e. The third kappa shape index (κ3) is 6.86. The zero-order valence-electron chi connectivity index (χ0n) is 12.5. The Bertz CT molecular complexity index is 274. The first kappa shape index (κ1) is 18.3. The molecule has 0 saturated heterocycles. The molecule has 0 radical (unpaired) electrons. The quantitative estimate of drug-likeness (QED) is 0.245. The largest absolute Gasteiger partial charge is 0.525 e. The minimum Gasteiger partial charge on any atom is -0.525 e. The van der Waals surface area contributed by atoms with Crippen LogP contribution in [0, 0.1) is 0 Å². The van der Waals surface area contributed by atoms with Crippen LogP contribution in [0.25, 0.3) is 0 Å². The van der Waals surface area contributed by atoms with Crippen LogP contribution in [0.4, 0.5) is 0 Å². The van der Waals surface area contributed by atoms with E-state index in [0.29, 0.717) is 49.8 Å². The van der Waals surface area contributed by atoms with E-state index in [1.54, 1.807) is 0 Å². The first-order chi connectivity index (χ1) is 9.02. The fraction of sp³-hybridized carbons (Fsp3) is 0.769. The fourth-order valence-corrected chi connectivity index (χ4v) is 1.99. The van der Waals surface area contributed by atoms with Crippen molar-refractivity contribution in [3.05, 3.63) is 12.2 Å². The van der Waals surface area contributed by atoms with Crippen LogP contribution in [0.1, 0.15) is 33.6 Å². The third-order valence-electron chi connectivity index (χ3n) is 2.39. The number of hydrogen-bond acceptors (Lipinski definition) is 5. The molecule has 0 atom stereocenters. The zero-order chi connectivity index (χ0) is 14.7. The lowest BCUT2D eigenvalue weighted by atomic mass is 10.1. The van der Waals surface area contributed by atoms with Crippen molar-refractivity contribution >= 4 is 16.5 Å². The molecule has 0 N–H and O–H groups in total. The highest BCUT2D eigenvalue weighted by molar-refractivity contribution is 6.06. The molecule has 0 amide bonds. The van der Waals surface area contributed by atoms with Crippen molar-refractivity contribution in [2.75, 3.05) is 26.4 Å². The van der Waals surface area contributed by atoms with Crippen molar-refractivity contribution in [3.63, 3.8) is 0 Å². The van der Waals surface area contributed by atoms with Crippen molar-refractivity contribution < 1.29 is 23.4 Å². The van der Waals surface area contributed by atoms with Gasteiger partial charge in [-0.05, 0) is 27.2 Å². The molecule has 0 rings (SSSR count). The van der Waals surface area contributed by atoms with Gasteiger partial charge in [0, 0.05) is 26.2 Å². The summed E-state index contributed by atoms with van der Waals surface area (Å²) < 4.78 is 21.3. The Balaban J connectivity index is 4.39. The molecule has 0 unspecified atom stereocenters. The Labute approximate surface area is 118 Å². The monoisotopic (exact) mass is 290 g/mol. The van der Waals surface area contributed by atoms with Gasteiger partial charge >= 0.3 is 5.97 Å². The number of ether oxygens (including phenoxy) is 3. The van der Waals surface area contributed by atoms with E-state index in [4.69, 9.17) is 18.6 Å². The first-order valence-corrected chi connectivity index (χ1v) is 7.42. The molecule has 0 heterocycles. The van der Waals surface area contributed by atoms with Crippen LogP contribution in [-0.2, 0) is 23.4 Å². The van der Waals surface area contributed by atoms with Gasteiger partial charge in [-0.25, -0.2) is 4.79 Å². The Kier molecular flexibility index (Phi) is 9.77. The molecular formula is C13H26O5Si. The standard InChI is InChI=1S/C13H26O5Si/c1-5-16-13(17-6-2,12(14)18-19)8-7-9-15-10-11(3)4/h3,5-10H2,1-2,4,19H3. The van der Waals surface area contributed by atoms with Crippen LogP contribution in [0.15, 0.2) is 12.2 Å². The number of hydrogen-bond donors (Lipinski definition) is 0. The summed E-state index contributed by atoms with van der Waals surface area (Å²) in [4.78, 5) is 11.9. The molecule has 0 aliphatic heterocycles. The molecule has 6 heteroatoms. The van der Waals surface area contributed by atoms with Crippen molar-refractivity contribution in [1.29, 1.82) is 0 Å². The van der Waals surface area contributed by atoms with Crippen molar-refractivity contribution in [3.8, 4) is 0 Å². The van der Waals surface area contributed by atoms with Crippen molar-refractivity contribution in [2.24, 2.45) is 0 Å². The van der Waals surface area contributed by atoms with E-state index in [1.807, 2.05) is 20.8 Å². The van der Waals surface area contributed by atoms with E-state index in [2.05, 4.69) is 6.58 Å². The van der Waals surface area contributed by atoms with Crippen LogP contribution in [-0.4, -0.2) is 48.7 Å². The maximum absolute atomic E-state index is 11.9. The van der Waals surface area contributed by atoms with E-state index in [0.717, 1.165) is 5.57 Å². The Morgan fingerprint density at radius 3 is 2.26 bits per heavy atom. The summed E-state index contributed by atoms with van der Waals surface area (Å²) >= 11 is 0. The third-order valence-corrected chi connectivity index (χ3v) is 2.77. The molecule has 0 aromatic heterocycles. The average molecular weight is 290 g/mol. The lowest BCUT2D eigenvalue weighted by molar-refractivity contribution is -0.242. The van der Waals surface area contributed by atoms with Crippen LogP contribution < -0.4 is 0 Å². The molecule has 0 bridgehead atoms. The summed E-state index contributed by atoms with van der Waals surface area (Å²) in [7, 11) is 0.323. The second kappa shape index (κ2) is 10.1. The lowest BCUT2D eigenvalue weighted by Gasteiger charge is -2.30. The minimum absolute atomic E-state index is 0.323. The highest BCUT2D eigenvalue weighted by Gasteiger charge is 2.40. The lowest BCUT2D eigenvalue weighted by Crippen LogP contribution is -2.45. The highest BCUT2D eigenvalue weighted by atomic mass is 28.2. The van der Waals surface area contributed by atoms with Gasteiger partial charge in [0.25, 0.3) is 5.79 Å². The van der Waals surface area contributed by atoms with Crippen LogP contribution in [0.5, 0.6) is 0 Å². The zero-order valence-corrected chi connectivity index (χ0v) is 14.5. The van der Waals surface area contributed by atoms with Crippen LogP contribution in [0.3, 0.4) is 0 Å². The summed E-state index contributed by atoms with van der Waals surface area (Å²) in [6, 6.07) is 0. The Morgan fingerprint density at radius 1 is 1.26 bits per heavy atom. The Hall–Kier alpha value is -0.693. The van der Waals surface area contributed by atoms with Crippen LogP contribution in [0.2, 0.25) is 0 Å². The van der Waals surface area contributed by atoms with E-state index in [9.17, 15) is 4.79 Å². The van der Waals surface area contributed by atoms with Crippen molar-refractivity contribution in [2.45, 2.75) is 39.4 Å². The molecular weight excluding hydrogens is 264 g/mol. The van der Waals surface area contributed by atoms with Gasteiger partial charge in [-0.15, -0.1) is 0 Å². The van der Waals surface area contributed by atoms with Gasteiger partial charge in [0.2, 0.25) is 10.5 Å². The predicted octanol–water partition coefficient (Wildman–Crippen LogP) is 0.952. The molecule has 0 fully saturated rings. The minimum atomic E-state index is -1.28. The fourth-order valence-electron chi connectivity index (χ4n) is 1.68. The van der Waals surface area contributed by atoms with Gasteiger partial charge in [0.05, 0.1) is 6.61 Å². The summed E-state index contributed by atoms with van der Waals surface area (Å²) in [6.45, 7) is 11.2. The topological polar surface area (TPSA) is 54.0 Å². The van der Waals surface area contributed by atoms with Gasteiger partial charge in [0.1, 0.15) is 0 Å². The first-order valence-electron chi connectivity index (χ1n) is 6.60. The Morgan fingerprint density at radius 2 is 1.84 bits per heavy atom. The molecule has 0 spiro atoms. The summed E-state index contributed by atoms with van der Waals surface area (Å²) in [5.74, 6) is -1.72. The molecule has 0 aromatic carbocycles. The molecule has 19 heavy (non-hydrogen) atoms. The molecule has 112 valence electrons. The van der Waals surface area contributed by atoms with E-state index < -0.39 is 11.8 Å². The summed E-state index contributed by atoms with van der Waals surface area (Å²) in [5, 5.41) is 0. The van der Waals surface area contributed by atoms with Crippen molar-refractivity contribution in [1.82, 2.24) is 0 Å². The summed E-state index contributed by atoms with van der Waals surface area (Å²) in [6.07, 6.45) is 1.08. The average Bonchev–Trinajstić information content (AvgIpc) is 2.37. The van der Waals surface area contributed by atoms with Gasteiger partial charge in [-0.1, -0.05) is 12.2 Å². The number of carbonyl (C=O) groups excluding carboxylic acids is 1. The number of rotatable bonds is 11. The second-order valence-corrected chi connectivity index (χ2v) is 4.63. The normalized spacial score (nSPS) is 11.5. The van der Waals surface area contributed by atoms with E-state index >= 15 is 0 Å². The SMILES string of the molecule is C=C(C)COCCCC(OCC)(OCC)C(=O)O[SiH3]. The van der Waals surface area contributed by atoms with Gasteiger partial charge in [-0.2, -0.15) is 0 Å². The van der Waals surface area contributed by atoms with Crippen LogP contribution >= 0.6 is 0 Å². The summed E-state index contributed by atoms with van der Waals surface area (Å²) in [5.41, 5.74) is 0.972. The van der Waals surface area contributed by atoms with Gasteiger partial charge in [0.15, 0.2) is 0 Å². The second-order valence-electron chi connectivity index (χ2n) is 4.22.